The van der Waals surface area contributed by atoms with Crippen LogP contribution in [0.3, 0.4) is 0 Å². The first-order valence-electron chi connectivity index (χ1n) is 6.86. The molecule has 1 aliphatic heterocycles. The number of hydrogen-bond donors (Lipinski definition) is 5. The first kappa shape index (κ1) is 15.8. The lowest BCUT2D eigenvalue weighted by Gasteiger charge is -2.27. The third kappa shape index (κ3) is 2.38. The average molecular weight is 326 g/mol. The third-order valence-corrected chi connectivity index (χ3v) is 3.82. The molecule has 4 atom stereocenters. The van der Waals surface area contributed by atoms with Crippen molar-refractivity contribution < 1.29 is 24.9 Å². The Hall–Kier alpha value is -2.05. The fourth-order valence-corrected chi connectivity index (χ4v) is 2.66. The highest BCUT2D eigenvalue weighted by molar-refractivity contribution is 5.83. The summed E-state index contributed by atoms with van der Waals surface area (Å²) < 4.78 is 6.97. The molecule has 1 fully saturated rings. The Morgan fingerprint density at radius 1 is 1.52 bits per heavy atom. The van der Waals surface area contributed by atoms with Gasteiger partial charge in [0.1, 0.15) is 17.8 Å². The molecule has 11 nitrogen and oxygen atoms in total. The normalized spacial score (nSPS) is 30.9. The van der Waals surface area contributed by atoms with E-state index in [2.05, 4.69) is 20.4 Å². The molecule has 0 unspecified atom stereocenters. The summed E-state index contributed by atoms with van der Waals surface area (Å²) in [5.74, 6) is 0.223. The number of aliphatic hydroxyl groups is 3. The van der Waals surface area contributed by atoms with Crippen LogP contribution in [-0.2, 0) is 9.57 Å². The van der Waals surface area contributed by atoms with E-state index in [0.29, 0.717) is 5.52 Å². The summed E-state index contributed by atoms with van der Waals surface area (Å²) in [6, 6.07) is 0. The summed E-state index contributed by atoms with van der Waals surface area (Å²) in [7, 11) is 1.41. The van der Waals surface area contributed by atoms with E-state index >= 15 is 0 Å². The number of ether oxygens (including phenoxy) is 1. The number of aromatic nitrogens is 4. The summed E-state index contributed by atoms with van der Waals surface area (Å²) in [6.07, 6.45) is -1.83. The molecule has 2 aromatic rings. The van der Waals surface area contributed by atoms with E-state index < -0.39 is 30.6 Å². The fraction of sp³-hybridized carbons (Fsp3) is 0.583. The topological polar surface area (TPSA) is 161 Å². The van der Waals surface area contributed by atoms with Crippen molar-refractivity contribution in [2.45, 2.75) is 31.0 Å². The van der Waals surface area contributed by atoms with Gasteiger partial charge in [0.25, 0.3) is 0 Å². The second kappa shape index (κ2) is 5.54. The molecule has 11 heteroatoms. The predicted octanol–water partition coefficient (Wildman–Crippen LogP) is -1.62. The van der Waals surface area contributed by atoms with Gasteiger partial charge in [-0.15, -0.1) is 0 Å². The molecule has 0 radical (unpaired) electrons. The van der Waals surface area contributed by atoms with E-state index in [1.54, 1.807) is 0 Å². The Bertz CT molecular complexity index is 719. The molecule has 0 aliphatic carbocycles. The van der Waals surface area contributed by atoms with Crippen LogP contribution in [0, 0.1) is 0 Å². The molecule has 6 N–H and O–H groups in total. The molecule has 126 valence electrons. The lowest BCUT2D eigenvalue weighted by Crippen LogP contribution is -2.44. The highest BCUT2D eigenvalue weighted by Crippen LogP contribution is 2.39. The van der Waals surface area contributed by atoms with Crippen molar-refractivity contribution in [1.29, 1.82) is 0 Å². The zero-order chi connectivity index (χ0) is 16.8. The smallest absolute Gasteiger partial charge is 0.224 e. The van der Waals surface area contributed by atoms with E-state index in [1.165, 1.54) is 24.9 Å². The Balaban J connectivity index is 2.10. The summed E-state index contributed by atoms with van der Waals surface area (Å²) in [5.41, 5.74) is 7.20. The van der Waals surface area contributed by atoms with Gasteiger partial charge in [0.15, 0.2) is 23.2 Å². The van der Waals surface area contributed by atoms with Crippen LogP contribution < -0.4 is 11.2 Å². The van der Waals surface area contributed by atoms with Crippen LogP contribution in [-0.4, -0.2) is 66.4 Å². The lowest BCUT2D eigenvalue weighted by molar-refractivity contribution is -0.0950. The number of nitrogens with two attached hydrogens (primary N) is 1. The number of hydrogen-bond acceptors (Lipinski definition) is 10. The Morgan fingerprint density at radius 3 is 2.87 bits per heavy atom. The maximum atomic E-state index is 10.5. The van der Waals surface area contributed by atoms with Crippen LogP contribution in [0.15, 0.2) is 6.33 Å². The van der Waals surface area contributed by atoms with Crippen LogP contribution in [0.25, 0.3) is 11.2 Å². The third-order valence-electron chi connectivity index (χ3n) is 3.82. The van der Waals surface area contributed by atoms with E-state index in [4.69, 9.17) is 15.3 Å². The van der Waals surface area contributed by atoms with Gasteiger partial charge in [0.2, 0.25) is 5.95 Å². The molecule has 0 bridgehead atoms. The van der Waals surface area contributed by atoms with E-state index in [0.717, 1.165) is 0 Å². The Kier molecular flexibility index (Phi) is 3.82. The van der Waals surface area contributed by atoms with Crippen LogP contribution >= 0.6 is 0 Å². The first-order chi connectivity index (χ1) is 10.9. The van der Waals surface area contributed by atoms with Gasteiger partial charge in [0, 0.05) is 0 Å². The van der Waals surface area contributed by atoms with Crippen molar-refractivity contribution in [3.8, 4) is 0 Å². The van der Waals surface area contributed by atoms with Gasteiger partial charge >= 0.3 is 0 Å². The van der Waals surface area contributed by atoms with Crippen molar-refractivity contribution in [2.24, 2.45) is 0 Å². The summed E-state index contributed by atoms with van der Waals surface area (Å²) in [6.45, 7) is 0.969. The number of aliphatic hydroxyl groups excluding tert-OH is 2. The SMILES string of the molecule is CONc1nc(N)nc2c1ncn2[C@@H]1O[C@H](CO)[C@@H](O)[C@@]1(C)O. The molecule has 0 spiro atoms. The summed E-state index contributed by atoms with van der Waals surface area (Å²) in [4.78, 5) is 17.1. The van der Waals surface area contributed by atoms with Crippen molar-refractivity contribution in [2.75, 3.05) is 24.9 Å². The molecule has 3 heterocycles. The molecule has 23 heavy (non-hydrogen) atoms. The number of imidazole rings is 1. The number of nitrogen functional groups attached to an aromatic ring is 1. The van der Waals surface area contributed by atoms with Gasteiger partial charge in [-0.1, -0.05) is 0 Å². The molecule has 0 aromatic carbocycles. The molecule has 1 saturated heterocycles. The minimum atomic E-state index is -1.66. The van der Waals surface area contributed by atoms with E-state index in [1.807, 2.05) is 0 Å². The molecule has 0 amide bonds. The average Bonchev–Trinajstić information content (AvgIpc) is 3.00. The van der Waals surface area contributed by atoms with Crippen LogP contribution in [0.4, 0.5) is 11.8 Å². The second-order valence-electron chi connectivity index (χ2n) is 5.44. The molecular weight excluding hydrogens is 308 g/mol. The Labute approximate surface area is 130 Å². The fourth-order valence-electron chi connectivity index (χ4n) is 2.66. The molecule has 3 rings (SSSR count). The van der Waals surface area contributed by atoms with Gasteiger partial charge in [-0.25, -0.2) is 10.5 Å². The minimum absolute atomic E-state index is 0.0318. The van der Waals surface area contributed by atoms with E-state index in [-0.39, 0.29) is 17.4 Å². The number of fused-ring (bicyclic) bond motifs is 1. The van der Waals surface area contributed by atoms with Crippen molar-refractivity contribution in [3.63, 3.8) is 0 Å². The predicted molar refractivity (Wildman–Crippen MR) is 78.0 cm³/mol. The highest BCUT2D eigenvalue weighted by atomic mass is 16.6. The molecule has 2 aromatic heterocycles. The van der Waals surface area contributed by atoms with E-state index in [9.17, 15) is 15.3 Å². The quantitative estimate of drug-likeness (QED) is 0.413. The van der Waals surface area contributed by atoms with Crippen molar-refractivity contribution in [1.82, 2.24) is 19.5 Å². The molecular formula is C12H18N6O5. The standard InChI is InChI=1S/C12H18N6O5/c1-12(21)7(20)5(3-19)23-10(12)18-4-14-6-8(17-22-2)15-11(13)16-9(6)18/h4-5,7,10,19-21H,3H2,1-2H3,(H3,13,15,16,17)/t5-,7-,10-,12-/m1/s1. The lowest BCUT2D eigenvalue weighted by atomic mass is 9.96. The van der Waals surface area contributed by atoms with Crippen LogP contribution in [0.2, 0.25) is 0 Å². The maximum Gasteiger partial charge on any atom is 0.224 e. The summed E-state index contributed by atoms with van der Waals surface area (Å²) in [5, 5.41) is 29.9. The van der Waals surface area contributed by atoms with Crippen molar-refractivity contribution in [3.05, 3.63) is 6.33 Å². The van der Waals surface area contributed by atoms with Gasteiger partial charge in [0.05, 0.1) is 20.0 Å². The van der Waals surface area contributed by atoms with Gasteiger partial charge < -0.3 is 25.8 Å². The zero-order valence-corrected chi connectivity index (χ0v) is 12.5. The first-order valence-corrected chi connectivity index (χ1v) is 6.86. The maximum absolute atomic E-state index is 10.5. The molecule has 1 aliphatic rings. The highest BCUT2D eigenvalue weighted by Gasteiger charge is 2.53. The number of nitrogens with zero attached hydrogens (tertiary/aromatic N) is 4. The largest absolute Gasteiger partial charge is 0.394 e. The van der Waals surface area contributed by atoms with Crippen LogP contribution in [0.1, 0.15) is 13.2 Å². The molecule has 0 saturated carbocycles. The number of rotatable bonds is 4. The van der Waals surface area contributed by atoms with Gasteiger partial charge in [-0.2, -0.15) is 9.97 Å². The second-order valence-corrected chi connectivity index (χ2v) is 5.44. The zero-order valence-electron chi connectivity index (χ0n) is 12.5. The minimum Gasteiger partial charge on any atom is -0.394 e. The number of anilines is 2. The van der Waals surface area contributed by atoms with Crippen LogP contribution in [0.5, 0.6) is 0 Å². The van der Waals surface area contributed by atoms with Gasteiger partial charge in [-0.05, 0) is 6.92 Å². The summed E-state index contributed by atoms with van der Waals surface area (Å²) >= 11 is 0. The Morgan fingerprint density at radius 2 is 2.26 bits per heavy atom. The van der Waals surface area contributed by atoms with Gasteiger partial charge in [-0.3, -0.25) is 9.40 Å². The number of nitrogens with one attached hydrogen (secondary N) is 1. The van der Waals surface area contributed by atoms with Crippen molar-refractivity contribution >= 4 is 22.9 Å². The monoisotopic (exact) mass is 326 g/mol.